The summed E-state index contributed by atoms with van der Waals surface area (Å²) < 4.78 is 11.0. The molecule has 124 valence electrons. The number of aryl methyl sites for hydroxylation is 1. The second-order valence-corrected chi connectivity index (χ2v) is 6.06. The Bertz CT molecular complexity index is 421. The zero-order valence-corrected chi connectivity index (χ0v) is 14.7. The standard InChI is InChI=1S/C17H28N2O2S/c1-14(2)8-10-20-12-13-21-11-9-18-17(22)19-16-6-4-15(3)5-7-16/h4-7,14H,8-13H2,1-3H3,(H2,18,19,22). The van der Waals surface area contributed by atoms with Crippen molar-refractivity contribution in [2.45, 2.75) is 27.2 Å². The lowest BCUT2D eigenvalue weighted by atomic mass is 10.1. The molecule has 22 heavy (non-hydrogen) atoms. The van der Waals surface area contributed by atoms with Crippen LogP contribution in [0.2, 0.25) is 0 Å². The van der Waals surface area contributed by atoms with Crippen LogP contribution < -0.4 is 10.6 Å². The maximum absolute atomic E-state index is 5.48. The fraction of sp³-hybridized carbons (Fsp3) is 0.588. The van der Waals surface area contributed by atoms with E-state index in [-0.39, 0.29) is 0 Å². The summed E-state index contributed by atoms with van der Waals surface area (Å²) in [6.45, 7) is 9.83. The highest BCUT2D eigenvalue weighted by Crippen LogP contribution is 2.07. The molecule has 0 amide bonds. The summed E-state index contributed by atoms with van der Waals surface area (Å²) in [7, 11) is 0. The van der Waals surface area contributed by atoms with Gasteiger partial charge < -0.3 is 20.1 Å². The lowest BCUT2D eigenvalue weighted by molar-refractivity contribution is 0.0460. The predicted molar refractivity (Wildman–Crippen MR) is 96.5 cm³/mol. The molecule has 0 fully saturated rings. The third-order valence-electron chi connectivity index (χ3n) is 3.05. The number of thiocarbonyl (C=S) groups is 1. The number of hydrogen-bond acceptors (Lipinski definition) is 3. The fourth-order valence-electron chi connectivity index (χ4n) is 1.69. The van der Waals surface area contributed by atoms with Crippen LogP contribution in [0.5, 0.6) is 0 Å². The van der Waals surface area contributed by atoms with Crippen molar-refractivity contribution in [3.63, 3.8) is 0 Å². The van der Waals surface area contributed by atoms with Crippen molar-refractivity contribution in [3.05, 3.63) is 29.8 Å². The first-order chi connectivity index (χ1) is 10.6. The molecular formula is C17H28N2O2S. The third-order valence-corrected chi connectivity index (χ3v) is 3.30. The molecule has 0 saturated carbocycles. The van der Waals surface area contributed by atoms with E-state index in [9.17, 15) is 0 Å². The van der Waals surface area contributed by atoms with Gasteiger partial charge in [-0.25, -0.2) is 0 Å². The Morgan fingerprint density at radius 3 is 2.32 bits per heavy atom. The van der Waals surface area contributed by atoms with Crippen LogP contribution in [0.15, 0.2) is 24.3 Å². The van der Waals surface area contributed by atoms with Gasteiger partial charge in [-0.3, -0.25) is 0 Å². The Morgan fingerprint density at radius 1 is 1.05 bits per heavy atom. The summed E-state index contributed by atoms with van der Waals surface area (Å²) in [6.07, 6.45) is 1.10. The van der Waals surface area contributed by atoms with E-state index < -0.39 is 0 Å². The molecule has 2 N–H and O–H groups in total. The maximum Gasteiger partial charge on any atom is 0.170 e. The average Bonchev–Trinajstić information content (AvgIpc) is 2.47. The normalized spacial score (nSPS) is 10.7. The number of benzene rings is 1. The second kappa shape index (κ2) is 11.4. The van der Waals surface area contributed by atoms with Crippen molar-refractivity contribution >= 4 is 23.0 Å². The van der Waals surface area contributed by atoms with Gasteiger partial charge in [0.25, 0.3) is 0 Å². The SMILES string of the molecule is Cc1ccc(NC(=S)NCCOCCOCCC(C)C)cc1. The number of ether oxygens (including phenoxy) is 2. The van der Waals surface area contributed by atoms with E-state index in [1.807, 2.05) is 24.3 Å². The molecule has 0 spiro atoms. The first kappa shape index (κ1) is 18.9. The summed E-state index contributed by atoms with van der Waals surface area (Å²) in [5, 5.41) is 6.87. The maximum atomic E-state index is 5.48. The van der Waals surface area contributed by atoms with Crippen molar-refractivity contribution < 1.29 is 9.47 Å². The Kier molecular flexibility index (Phi) is 9.79. The molecule has 1 aromatic rings. The average molecular weight is 324 g/mol. The van der Waals surface area contributed by atoms with Gasteiger partial charge in [0.15, 0.2) is 5.11 Å². The molecule has 1 aromatic carbocycles. The monoisotopic (exact) mass is 324 g/mol. The van der Waals surface area contributed by atoms with Crippen LogP contribution in [0.1, 0.15) is 25.8 Å². The Labute approximate surface area is 139 Å². The van der Waals surface area contributed by atoms with Gasteiger partial charge in [-0.1, -0.05) is 31.5 Å². The molecule has 0 saturated heterocycles. The van der Waals surface area contributed by atoms with Gasteiger partial charge in [0.1, 0.15) is 0 Å². The van der Waals surface area contributed by atoms with Crippen molar-refractivity contribution in [1.82, 2.24) is 5.32 Å². The van der Waals surface area contributed by atoms with Gasteiger partial charge in [0.2, 0.25) is 0 Å². The first-order valence-corrected chi connectivity index (χ1v) is 8.25. The molecule has 0 unspecified atom stereocenters. The summed E-state index contributed by atoms with van der Waals surface area (Å²) in [5.41, 5.74) is 2.22. The molecule has 0 aliphatic rings. The smallest absolute Gasteiger partial charge is 0.170 e. The minimum absolute atomic E-state index is 0.612. The summed E-state index contributed by atoms with van der Waals surface area (Å²) >= 11 is 5.23. The molecular weight excluding hydrogens is 296 g/mol. The molecule has 0 radical (unpaired) electrons. The van der Waals surface area contributed by atoms with Crippen LogP contribution in [0.25, 0.3) is 0 Å². The minimum Gasteiger partial charge on any atom is -0.379 e. The third kappa shape index (κ3) is 9.71. The summed E-state index contributed by atoms with van der Waals surface area (Å²) in [5.74, 6) is 0.687. The molecule has 4 nitrogen and oxygen atoms in total. The molecule has 1 rings (SSSR count). The lowest BCUT2D eigenvalue weighted by Gasteiger charge is -2.11. The summed E-state index contributed by atoms with van der Waals surface area (Å²) in [6, 6.07) is 8.11. The Balaban J connectivity index is 1.96. The quantitative estimate of drug-likeness (QED) is 0.510. The first-order valence-electron chi connectivity index (χ1n) is 7.85. The van der Waals surface area contributed by atoms with Crippen molar-refractivity contribution in [3.8, 4) is 0 Å². The van der Waals surface area contributed by atoms with Crippen LogP contribution in [-0.2, 0) is 9.47 Å². The summed E-state index contributed by atoms with van der Waals surface area (Å²) in [4.78, 5) is 0. The molecule has 0 atom stereocenters. The van der Waals surface area contributed by atoms with E-state index in [1.165, 1.54) is 5.56 Å². The van der Waals surface area contributed by atoms with E-state index in [2.05, 4.69) is 31.4 Å². The van der Waals surface area contributed by atoms with Gasteiger partial charge >= 0.3 is 0 Å². The van der Waals surface area contributed by atoms with Crippen LogP contribution in [0.4, 0.5) is 5.69 Å². The molecule has 5 heteroatoms. The number of rotatable bonds is 10. The van der Waals surface area contributed by atoms with Crippen molar-refractivity contribution in [2.24, 2.45) is 5.92 Å². The largest absolute Gasteiger partial charge is 0.379 e. The van der Waals surface area contributed by atoms with Crippen molar-refractivity contribution in [1.29, 1.82) is 0 Å². The van der Waals surface area contributed by atoms with E-state index in [4.69, 9.17) is 21.7 Å². The topological polar surface area (TPSA) is 42.5 Å². The highest BCUT2D eigenvalue weighted by molar-refractivity contribution is 7.80. The predicted octanol–water partition coefficient (Wildman–Crippen LogP) is 3.36. The van der Waals surface area contributed by atoms with Gasteiger partial charge in [-0.05, 0) is 43.6 Å². The van der Waals surface area contributed by atoms with Crippen LogP contribution in [-0.4, -0.2) is 38.1 Å². The van der Waals surface area contributed by atoms with Gasteiger partial charge in [-0.15, -0.1) is 0 Å². The Hall–Kier alpha value is -1.17. The molecule has 0 aliphatic heterocycles. The van der Waals surface area contributed by atoms with E-state index in [0.29, 0.717) is 37.4 Å². The van der Waals surface area contributed by atoms with Gasteiger partial charge in [0.05, 0.1) is 19.8 Å². The molecule has 0 aliphatic carbocycles. The highest BCUT2D eigenvalue weighted by Gasteiger charge is 1.97. The van der Waals surface area contributed by atoms with E-state index >= 15 is 0 Å². The van der Waals surface area contributed by atoms with E-state index in [1.54, 1.807) is 0 Å². The molecule has 0 aromatic heterocycles. The van der Waals surface area contributed by atoms with Crippen LogP contribution >= 0.6 is 12.2 Å². The number of nitrogens with one attached hydrogen (secondary N) is 2. The zero-order chi connectivity index (χ0) is 16.2. The second-order valence-electron chi connectivity index (χ2n) is 5.65. The zero-order valence-electron chi connectivity index (χ0n) is 13.9. The fourth-order valence-corrected chi connectivity index (χ4v) is 1.91. The highest BCUT2D eigenvalue weighted by atomic mass is 32.1. The minimum atomic E-state index is 0.612. The lowest BCUT2D eigenvalue weighted by Crippen LogP contribution is -2.31. The van der Waals surface area contributed by atoms with Crippen LogP contribution in [0.3, 0.4) is 0 Å². The van der Waals surface area contributed by atoms with Crippen molar-refractivity contribution in [2.75, 3.05) is 38.3 Å². The number of anilines is 1. The van der Waals surface area contributed by atoms with E-state index in [0.717, 1.165) is 18.7 Å². The number of hydrogen-bond donors (Lipinski definition) is 2. The van der Waals surface area contributed by atoms with Gasteiger partial charge in [0, 0.05) is 18.8 Å². The Morgan fingerprint density at radius 2 is 1.68 bits per heavy atom. The molecule has 0 bridgehead atoms. The molecule has 0 heterocycles. The van der Waals surface area contributed by atoms with Gasteiger partial charge in [-0.2, -0.15) is 0 Å². The van der Waals surface area contributed by atoms with Crippen LogP contribution in [0, 0.1) is 12.8 Å².